The Kier molecular flexibility index (Phi) is 7.00. The minimum atomic E-state index is -0.511. The second kappa shape index (κ2) is 6.79. The highest BCUT2D eigenvalue weighted by Gasteiger charge is 2.23. The van der Waals surface area contributed by atoms with Gasteiger partial charge in [0.2, 0.25) is 0 Å². The SMILES string of the molecule is CC[Si](O[Si](CC)C(C)C)C(C)C. The number of hydrogen-bond donors (Lipinski definition) is 0. The van der Waals surface area contributed by atoms with Gasteiger partial charge in [0.15, 0.2) is 18.1 Å². The summed E-state index contributed by atoms with van der Waals surface area (Å²) in [4.78, 5) is 0. The van der Waals surface area contributed by atoms with Crippen LogP contribution in [0.5, 0.6) is 0 Å². The zero-order chi connectivity index (χ0) is 10.4. The Morgan fingerprint density at radius 1 is 0.846 bits per heavy atom. The molecule has 0 aromatic heterocycles. The molecular weight excluding hydrogens is 192 g/mol. The molecule has 3 heteroatoms. The standard InChI is InChI=1S/C10H24OSi2/c1-7-12(9(3)4)11-13(8-2)10(5)6/h9-10H,7-8H2,1-6H3. The van der Waals surface area contributed by atoms with E-state index in [0.29, 0.717) is 0 Å². The molecule has 0 rings (SSSR count). The fourth-order valence-electron chi connectivity index (χ4n) is 1.36. The van der Waals surface area contributed by atoms with Crippen LogP contribution in [0.1, 0.15) is 41.5 Å². The van der Waals surface area contributed by atoms with Crippen LogP contribution in [0, 0.1) is 0 Å². The van der Waals surface area contributed by atoms with E-state index in [4.69, 9.17) is 4.12 Å². The number of hydrogen-bond acceptors (Lipinski definition) is 1. The summed E-state index contributed by atoms with van der Waals surface area (Å²) in [6.07, 6.45) is 0. The lowest BCUT2D eigenvalue weighted by Crippen LogP contribution is -2.32. The molecule has 0 aliphatic carbocycles. The maximum Gasteiger partial charge on any atom is 0.200 e. The Morgan fingerprint density at radius 2 is 1.15 bits per heavy atom. The van der Waals surface area contributed by atoms with E-state index in [0.717, 1.165) is 11.1 Å². The van der Waals surface area contributed by atoms with Gasteiger partial charge in [0.05, 0.1) is 0 Å². The van der Waals surface area contributed by atoms with Crippen molar-refractivity contribution in [1.29, 1.82) is 0 Å². The lowest BCUT2D eigenvalue weighted by Gasteiger charge is -2.25. The molecule has 0 saturated heterocycles. The molecule has 78 valence electrons. The molecule has 0 unspecified atom stereocenters. The molecule has 0 aliphatic rings. The summed E-state index contributed by atoms with van der Waals surface area (Å²) in [7, 11) is -1.02. The van der Waals surface area contributed by atoms with Gasteiger partial charge < -0.3 is 4.12 Å². The van der Waals surface area contributed by atoms with Crippen LogP contribution >= 0.6 is 0 Å². The minimum Gasteiger partial charge on any atom is -0.455 e. The Balaban J connectivity index is 4.03. The largest absolute Gasteiger partial charge is 0.455 e. The first-order chi connectivity index (χ1) is 6.02. The van der Waals surface area contributed by atoms with Gasteiger partial charge in [-0.05, 0) is 23.2 Å². The Labute approximate surface area is 87.3 Å². The first-order valence-electron chi connectivity index (χ1n) is 5.42. The molecule has 0 aromatic carbocycles. The van der Waals surface area contributed by atoms with Crippen molar-refractivity contribution in [2.45, 2.75) is 64.7 Å². The molecular formula is C10H24OSi2. The average Bonchev–Trinajstić information content (AvgIpc) is 2.05. The molecule has 0 N–H and O–H groups in total. The second-order valence-corrected chi connectivity index (χ2v) is 10.5. The van der Waals surface area contributed by atoms with E-state index in [9.17, 15) is 0 Å². The molecule has 0 bridgehead atoms. The van der Waals surface area contributed by atoms with Crippen LogP contribution in [0.3, 0.4) is 0 Å². The van der Waals surface area contributed by atoms with Crippen molar-refractivity contribution in [3.05, 3.63) is 0 Å². The van der Waals surface area contributed by atoms with Gasteiger partial charge in [-0.3, -0.25) is 0 Å². The van der Waals surface area contributed by atoms with Gasteiger partial charge in [-0.25, -0.2) is 0 Å². The van der Waals surface area contributed by atoms with Crippen molar-refractivity contribution in [2.24, 2.45) is 0 Å². The van der Waals surface area contributed by atoms with Gasteiger partial charge in [-0.2, -0.15) is 0 Å². The Bertz CT molecular complexity index is 112. The van der Waals surface area contributed by atoms with Crippen LogP contribution in [0.2, 0.25) is 23.2 Å². The quantitative estimate of drug-likeness (QED) is 0.613. The monoisotopic (exact) mass is 216 g/mol. The summed E-state index contributed by atoms with van der Waals surface area (Å²) in [5.41, 5.74) is 1.53. The summed E-state index contributed by atoms with van der Waals surface area (Å²) in [5, 5.41) is 0. The summed E-state index contributed by atoms with van der Waals surface area (Å²) in [6, 6.07) is 2.51. The maximum absolute atomic E-state index is 6.28. The van der Waals surface area contributed by atoms with Crippen molar-refractivity contribution in [2.75, 3.05) is 0 Å². The summed E-state index contributed by atoms with van der Waals surface area (Å²) < 4.78 is 6.28. The molecule has 2 radical (unpaired) electrons. The van der Waals surface area contributed by atoms with Gasteiger partial charge in [0.1, 0.15) is 0 Å². The molecule has 0 aromatic rings. The summed E-state index contributed by atoms with van der Waals surface area (Å²) >= 11 is 0. The lowest BCUT2D eigenvalue weighted by atomic mass is 10.6. The van der Waals surface area contributed by atoms with E-state index >= 15 is 0 Å². The van der Waals surface area contributed by atoms with Crippen LogP contribution in [0.4, 0.5) is 0 Å². The van der Waals surface area contributed by atoms with E-state index < -0.39 is 18.1 Å². The third-order valence-electron chi connectivity index (χ3n) is 2.25. The van der Waals surface area contributed by atoms with Crippen LogP contribution in [-0.2, 0) is 4.12 Å². The van der Waals surface area contributed by atoms with Crippen molar-refractivity contribution in [1.82, 2.24) is 0 Å². The van der Waals surface area contributed by atoms with Gasteiger partial charge >= 0.3 is 0 Å². The highest BCUT2D eigenvalue weighted by molar-refractivity contribution is 6.67. The normalized spacial score (nSPS) is 12.5. The minimum absolute atomic E-state index is 0.511. The predicted octanol–water partition coefficient (Wildman–Crippen LogP) is 3.85. The third-order valence-corrected chi connectivity index (χ3v) is 8.31. The van der Waals surface area contributed by atoms with E-state index in [2.05, 4.69) is 41.5 Å². The first-order valence-corrected chi connectivity index (χ1v) is 8.80. The summed E-state index contributed by atoms with van der Waals surface area (Å²) in [5.74, 6) is 0. The molecule has 0 saturated carbocycles. The first kappa shape index (κ1) is 13.4. The van der Waals surface area contributed by atoms with E-state index in [1.165, 1.54) is 12.1 Å². The average molecular weight is 216 g/mol. The highest BCUT2D eigenvalue weighted by atomic mass is 28.4. The topological polar surface area (TPSA) is 9.23 Å². The van der Waals surface area contributed by atoms with E-state index in [1.807, 2.05) is 0 Å². The fraction of sp³-hybridized carbons (Fsp3) is 1.00. The number of rotatable bonds is 6. The highest BCUT2D eigenvalue weighted by Crippen LogP contribution is 2.20. The molecule has 0 amide bonds. The second-order valence-electron chi connectivity index (χ2n) is 4.05. The van der Waals surface area contributed by atoms with Gasteiger partial charge in [-0.1, -0.05) is 41.5 Å². The molecule has 0 aliphatic heterocycles. The smallest absolute Gasteiger partial charge is 0.200 e. The summed E-state index contributed by atoms with van der Waals surface area (Å²) in [6.45, 7) is 13.7. The molecule has 1 nitrogen and oxygen atoms in total. The third kappa shape index (κ3) is 4.98. The van der Waals surface area contributed by atoms with Gasteiger partial charge in [0, 0.05) is 0 Å². The van der Waals surface area contributed by atoms with Gasteiger partial charge in [-0.15, -0.1) is 0 Å². The fourth-order valence-corrected chi connectivity index (χ4v) is 7.39. The molecule has 0 atom stereocenters. The zero-order valence-electron chi connectivity index (χ0n) is 9.98. The van der Waals surface area contributed by atoms with Crippen molar-refractivity contribution in [3.8, 4) is 0 Å². The molecule has 13 heavy (non-hydrogen) atoms. The van der Waals surface area contributed by atoms with Crippen LogP contribution in [0.25, 0.3) is 0 Å². The van der Waals surface area contributed by atoms with Crippen LogP contribution in [0.15, 0.2) is 0 Å². The van der Waals surface area contributed by atoms with E-state index in [-0.39, 0.29) is 0 Å². The predicted molar refractivity (Wildman–Crippen MR) is 63.8 cm³/mol. The Hall–Kier alpha value is 0.394. The van der Waals surface area contributed by atoms with Crippen LogP contribution in [-0.4, -0.2) is 18.1 Å². The maximum atomic E-state index is 6.28. The molecule has 0 heterocycles. The molecule has 0 spiro atoms. The van der Waals surface area contributed by atoms with Crippen molar-refractivity contribution in [3.63, 3.8) is 0 Å². The van der Waals surface area contributed by atoms with Crippen molar-refractivity contribution >= 4 is 18.1 Å². The van der Waals surface area contributed by atoms with Crippen molar-refractivity contribution < 1.29 is 4.12 Å². The van der Waals surface area contributed by atoms with E-state index in [1.54, 1.807) is 0 Å². The zero-order valence-corrected chi connectivity index (χ0v) is 12.0. The Morgan fingerprint density at radius 3 is 1.31 bits per heavy atom. The molecule has 0 fully saturated rings. The van der Waals surface area contributed by atoms with Gasteiger partial charge in [0.25, 0.3) is 0 Å². The van der Waals surface area contributed by atoms with Crippen LogP contribution < -0.4 is 0 Å². The lowest BCUT2D eigenvalue weighted by molar-refractivity contribution is 0.546.